The molecule has 1 aliphatic rings. The molecule has 6 nitrogen and oxygen atoms in total. The Morgan fingerprint density at radius 1 is 1.16 bits per heavy atom. The predicted molar refractivity (Wildman–Crippen MR) is 125 cm³/mol. The number of fused-ring (bicyclic) bond motifs is 1. The average Bonchev–Trinajstić information content (AvgIpc) is 3.37. The number of nitrogens with one attached hydrogen (secondary N) is 1. The average molecular weight is 453 g/mol. The smallest absolute Gasteiger partial charge is 0.230 e. The Bertz CT molecular complexity index is 1220. The number of morpholine rings is 1. The van der Waals surface area contributed by atoms with Gasteiger partial charge in [0, 0.05) is 40.9 Å². The molecule has 4 aromatic rings. The molecular formula is C23H21ClN4O2S. The number of aromatic nitrogens is 2. The maximum absolute atomic E-state index is 12.9. The van der Waals surface area contributed by atoms with Crippen molar-refractivity contribution >= 4 is 45.2 Å². The Kier molecular flexibility index (Phi) is 5.63. The van der Waals surface area contributed by atoms with Gasteiger partial charge in [0.25, 0.3) is 0 Å². The van der Waals surface area contributed by atoms with E-state index in [9.17, 15) is 4.79 Å². The third-order valence-electron chi connectivity index (χ3n) is 5.28. The van der Waals surface area contributed by atoms with Gasteiger partial charge in [0.05, 0.1) is 36.7 Å². The molecule has 0 bridgehead atoms. The van der Waals surface area contributed by atoms with Crippen LogP contribution in [0.25, 0.3) is 16.2 Å². The minimum absolute atomic E-state index is 0.0913. The Labute approximate surface area is 189 Å². The van der Waals surface area contributed by atoms with E-state index in [0.29, 0.717) is 18.2 Å². The number of hydrogen-bond acceptors (Lipinski definition) is 5. The van der Waals surface area contributed by atoms with E-state index in [1.165, 1.54) is 11.3 Å². The minimum Gasteiger partial charge on any atom is -0.378 e. The van der Waals surface area contributed by atoms with Crippen molar-refractivity contribution in [3.8, 4) is 11.3 Å². The second-order valence-corrected chi connectivity index (χ2v) is 8.63. The number of thiazole rings is 1. The molecule has 1 N–H and O–H groups in total. The number of hydrogen-bond donors (Lipinski definition) is 1. The summed E-state index contributed by atoms with van der Waals surface area (Å²) in [7, 11) is 0. The van der Waals surface area contributed by atoms with Crippen molar-refractivity contribution in [1.82, 2.24) is 9.38 Å². The highest BCUT2D eigenvalue weighted by molar-refractivity contribution is 7.15. The van der Waals surface area contributed by atoms with Crippen molar-refractivity contribution in [1.29, 1.82) is 0 Å². The topological polar surface area (TPSA) is 58.9 Å². The number of ether oxygens (including phenoxy) is 1. The first-order valence-electron chi connectivity index (χ1n) is 10.1. The molecule has 0 radical (unpaired) electrons. The summed E-state index contributed by atoms with van der Waals surface area (Å²) in [5, 5.41) is 5.63. The highest BCUT2D eigenvalue weighted by atomic mass is 35.5. The van der Waals surface area contributed by atoms with E-state index in [4.69, 9.17) is 21.3 Å². The Balaban J connectivity index is 1.36. The fourth-order valence-electron chi connectivity index (χ4n) is 3.75. The summed E-state index contributed by atoms with van der Waals surface area (Å²) in [4.78, 5) is 20.7. The van der Waals surface area contributed by atoms with Crippen molar-refractivity contribution in [2.45, 2.75) is 6.42 Å². The number of imidazole rings is 1. The molecule has 3 heterocycles. The molecule has 0 unspecified atom stereocenters. The first-order valence-corrected chi connectivity index (χ1v) is 11.4. The number of rotatable bonds is 5. The minimum atomic E-state index is -0.0913. The van der Waals surface area contributed by atoms with Gasteiger partial charge in [-0.05, 0) is 18.2 Å². The number of amides is 1. The number of benzene rings is 2. The van der Waals surface area contributed by atoms with E-state index in [2.05, 4.69) is 10.2 Å². The molecule has 8 heteroatoms. The van der Waals surface area contributed by atoms with Crippen LogP contribution in [0.1, 0.15) is 5.69 Å². The zero-order valence-electron chi connectivity index (χ0n) is 16.8. The summed E-state index contributed by atoms with van der Waals surface area (Å²) in [6.07, 6.45) is 2.24. The van der Waals surface area contributed by atoms with Crippen LogP contribution in [0.5, 0.6) is 0 Å². The van der Waals surface area contributed by atoms with E-state index in [1.807, 2.05) is 58.4 Å². The highest BCUT2D eigenvalue weighted by Gasteiger charge is 2.18. The van der Waals surface area contributed by atoms with Gasteiger partial charge in [-0.25, -0.2) is 4.98 Å². The molecule has 0 atom stereocenters. The third-order valence-corrected chi connectivity index (χ3v) is 6.40. The molecule has 2 aromatic carbocycles. The van der Waals surface area contributed by atoms with Crippen LogP contribution in [0, 0.1) is 0 Å². The molecule has 1 fully saturated rings. The van der Waals surface area contributed by atoms with Crippen molar-refractivity contribution in [2.24, 2.45) is 0 Å². The lowest BCUT2D eigenvalue weighted by Gasteiger charge is -2.30. The molecule has 1 saturated heterocycles. The zero-order valence-corrected chi connectivity index (χ0v) is 18.3. The van der Waals surface area contributed by atoms with Crippen LogP contribution in [0.4, 0.5) is 11.4 Å². The molecule has 2 aromatic heterocycles. The van der Waals surface area contributed by atoms with Gasteiger partial charge in [-0.1, -0.05) is 41.9 Å². The number of halogens is 1. The van der Waals surface area contributed by atoms with Gasteiger partial charge in [0.1, 0.15) is 0 Å². The molecule has 5 rings (SSSR count). The summed E-state index contributed by atoms with van der Waals surface area (Å²) < 4.78 is 7.44. The van der Waals surface area contributed by atoms with Crippen LogP contribution >= 0.6 is 22.9 Å². The molecule has 0 saturated carbocycles. The van der Waals surface area contributed by atoms with Crippen molar-refractivity contribution in [3.05, 3.63) is 70.8 Å². The Morgan fingerprint density at radius 3 is 2.77 bits per heavy atom. The lowest BCUT2D eigenvalue weighted by molar-refractivity contribution is -0.115. The van der Waals surface area contributed by atoms with Gasteiger partial charge >= 0.3 is 0 Å². The normalized spacial score (nSPS) is 14.2. The van der Waals surface area contributed by atoms with Crippen molar-refractivity contribution < 1.29 is 9.53 Å². The SMILES string of the molecule is O=C(Cc1csc2nc(-c3ccccc3)cn12)Nc1cc(Cl)ccc1N1CCOCC1. The Hall–Kier alpha value is -2.87. The molecule has 1 aliphatic heterocycles. The van der Waals surface area contributed by atoms with Gasteiger partial charge < -0.3 is 15.0 Å². The fraction of sp³-hybridized carbons (Fsp3) is 0.217. The van der Waals surface area contributed by atoms with Crippen LogP contribution < -0.4 is 10.2 Å². The first kappa shape index (κ1) is 20.1. The van der Waals surface area contributed by atoms with Crippen molar-refractivity contribution in [3.63, 3.8) is 0 Å². The summed E-state index contributed by atoms with van der Waals surface area (Å²) in [5.74, 6) is -0.0913. The van der Waals surface area contributed by atoms with E-state index in [0.717, 1.165) is 46.4 Å². The predicted octanol–water partition coefficient (Wildman–Crippen LogP) is 4.73. The largest absolute Gasteiger partial charge is 0.378 e. The first-order chi connectivity index (χ1) is 15.2. The number of carbonyl (C=O) groups is 1. The maximum atomic E-state index is 12.9. The van der Waals surface area contributed by atoms with Crippen LogP contribution in [0.15, 0.2) is 60.1 Å². The quantitative estimate of drug-likeness (QED) is 0.475. The molecule has 31 heavy (non-hydrogen) atoms. The summed E-state index contributed by atoms with van der Waals surface area (Å²) in [6.45, 7) is 2.92. The second-order valence-electron chi connectivity index (χ2n) is 7.36. The van der Waals surface area contributed by atoms with Crippen LogP contribution in [-0.4, -0.2) is 41.6 Å². The van der Waals surface area contributed by atoms with Gasteiger partial charge in [0.15, 0.2) is 4.96 Å². The summed E-state index contributed by atoms with van der Waals surface area (Å²) >= 11 is 7.75. The molecule has 158 valence electrons. The van der Waals surface area contributed by atoms with Gasteiger partial charge in [-0.3, -0.25) is 9.20 Å². The van der Waals surface area contributed by atoms with Crippen LogP contribution in [0.2, 0.25) is 5.02 Å². The van der Waals surface area contributed by atoms with Gasteiger partial charge in [0.2, 0.25) is 5.91 Å². The maximum Gasteiger partial charge on any atom is 0.230 e. The summed E-state index contributed by atoms with van der Waals surface area (Å²) in [5.41, 5.74) is 4.55. The lowest BCUT2D eigenvalue weighted by atomic mass is 10.2. The lowest BCUT2D eigenvalue weighted by Crippen LogP contribution is -2.36. The van der Waals surface area contributed by atoms with E-state index in [-0.39, 0.29) is 12.3 Å². The Morgan fingerprint density at radius 2 is 1.97 bits per heavy atom. The van der Waals surface area contributed by atoms with Crippen LogP contribution in [0.3, 0.4) is 0 Å². The molecule has 0 aliphatic carbocycles. The van der Waals surface area contributed by atoms with E-state index in [1.54, 1.807) is 6.07 Å². The van der Waals surface area contributed by atoms with E-state index >= 15 is 0 Å². The number of carbonyl (C=O) groups excluding carboxylic acids is 1. The number of anilines is 2. The van der Waals surface area contributed by atoms with Crippen molar-refractivity contribution in [2.75, 3.05) is 36.5 Å². The van der Waals surface area contributed by atoms with Crippen LogP contribution in [-0.2, 0) is 16.0 Å². The third kappa shape index (κ3) is 4.30. The summed E-state index contributed by atoms with van der Waals surface area (Å²) in [6, 6.07) is 15.6. The molecule has 0 spiro atoms. The van der Waals surface area contributed by atoms with Gasteiger partial charge in [-0.15, -0.1) is 11.3 Å². The monoisotopic (exact) mass is 452 g/mol. The fourth-order valence-corrected chi connectivity index (χ4v) is 4.80. The number of nitrogens with zero attached hydrogens (tertiary/aromatic N) is 3. The van der Waals surface area contributed by atoms with E-state index < -0.39 is 0 Å². The highest BCUT2D eigenvalue weighted by Crippen LogP contribution is 2.30. The standard InChI is InChI=1S/C23H21ClN4O2S/c24-17-6-7-21(27-8-10-30-11-9-27)19(12-17)25-22(29)13-18-15-31-23-26-20(14-28(18)23)16-4-2-1-3-5-16/h1-7,12,14-15H,8-11,13H2,(H,25,29). The second kappa shape index (κ2) is 8.70. The van der Waals surface area contributed by atoms with Gasteiger partial charge in [-0.2, -0.15) is 0 Å². The molecule has 1 amide bonds. The molecular weight excluding hydrogens is 432 g/mol. The zero-order chi connectivity index (χ0) is 21.2.